The maximum absolute atomic E-state index is 12.0. The van der Waals surface area contributed by atoms with Gasteiger partial charge in [-0.1, -0.05) is 48.2 Å². The van der Waals surface area contributed by atoms with Crippen LogP contribution in [0.1, 0.15) is 0 Å². The van der Waals surface area contributed by atoms with E-state index in [4.69, 9.17) is 4.42 Å². The number of nitrogens with one attached hydrogen (secondary N) is 1. The van der Waals surface area contributed by atoms with Crippen LogP contribution in [0.5, 0.6) is 0 Å². The summed E-state index contributed by atoms with van der Waals surface area (Å²) in [5.74, 6) is -0.000659. The Balaban J connectivity index is 1.42. The van der Waals surface area contributed by atoms with Crippen molar-refractivity contribution in [1.82, 2.24) is 15.2 Å². The van der Waals surface area contributed by atoms with Gasteiger partial charge < -0.3 is 9.73 Å². The molecule has 11 heteroatoms. The lowest BCUT2D eigenvalue weighted by Crippen LogP contribution is -2.13. The number of aromatic nitrogens is 3. The first kappa shape index (κ1) is 18.1. The summed E-state index contributed by atoms with van der Waals surface area (Å²) in [6, 6.07) is 13.7. The van der Waals surface area contributed by atoms with Gasteiger partial charge in [0.15, 0.2) is 5.13 Å². The van der Waals surface area contributed by atoms with Crippen LogP contribution in [0, 0.1) is 10.1 Å². The molecule has 2 aromatic heterocycles. The van der Waals surface area contributed by atoms with Gasteiger partial charge >= 0.3 is 5.00 Å². The number of fused-ring (bicyclic) bond motifs is 1. The molecule has 4 rings (SSSR count). The average Bonchev–Trinajstić information content (AvgIpc) is 3.35. The minimum Gasteiger partial charge on any atom is -0.411 e. The molecule has 0 radical (unpaired) electrons. The van der Waals surface area contributed by atoms with E-state index < -0.39 is 4.92 Å². The van der Waals surface area contributed by atoms with Gasteiger partial charge in [-0.15, -0.1) is 10.2 Å². The molecule has 0 atom stereocenters. The Morgan fingerprint density at radius 2 is 2.04 bits per heavy atom. The number of thiazole rings is 1. The van der Waals surface area contributed by atoms with E-state index >= 15 is 0 Å². The topological polar surface area (TPSA) is 124 Å². The number of anilines is 1. The zero-order valence-corrected chi connectivity index (χ0v) is 15.7. The van der Waals surface area contributed by atoms with E-state index in [1.165, 1.54) is 0 Å². The number of thioether (sulfide) groups is 1. The van der Waals surface area contributed by atoms with Crippen LogP contribution in [0.25, 0.3) is 22.2 Å². The van der Waals surface area contributed by atoms with Gasteiger partial charge in [0.05, 0.1) is 10.7 Å². The second kappa shape index (κ2) is 7.74. The van der Waals surface area contributed by atoms with E-state index in [0.717, 1.165) is 45.6 Å². The third kappa shape index (κ3) is 3.85. The molecule has 9 nitrogen and oxygen atoms in total. The van der Waals surface area contributed by atoms with Crippen molar-refractivity contribution in [2.75, 3.05) is 11.1 Å². The summed E-state index contributed by atoms with van der Waals surface area (Å²) in [6.07, 6.45) is 1.10. The Morgan fingerprint density at radius 1 is 1.21 bits per heavy atom. The largest absolute Gasteiger partial charge is 0.411 e. The predicted octanol–water partition coefficient (Wildman–Crippen LogP) is 3.99. The number of carbonyl (C=O) groups excluding carboxylic acids is 1. The van der Waals surface area contributed by atoms with E-state index in [0.29, 0.717) is 5.89 Å². The highest BCUT2D eigenvalue weighted by atomic mass is 32.2. The molecule has 0 saturated heterocycles. The van der Waals surface area contributed by atoms with Gasteiger partial charge in [-0.2, -0.15) is 0 Å². The number of carbonyl (C=O) groups is 1. The number of benzene rings is 2. The number of nitrogens with zero attached hydrogens (tertiary/aromatic N) is 4. The van der Waals surface area contributed by atoms with Gasteiger partial charge in [0.2, 0.25) is 11.8 Å². The van der Waals surface area contributed by atoms with Gasteiger partial charge in [0.25, 0.3) is 5.22 Å². The maximum atomic E-state index is 12.0. The molecule has 0 aliphatic rings. The van der Waals surface area contributed by atoms with Crippen LogP contribution in [0.3, 0.4) is 0 Å². The third-order valence-corrected chi connectivity index (χ3v) is 5.36. The van der Waals surface area contributed by atoms with Gasteiger partial charge in [-0.25, -0.2) is 4.98 Å². The summed E-state index contributed by atoms with van der Waals surface area (Å²) < 4.78 is 5.67. The number of amides is 1. The Morgan fingerprint density at radius 3 is 2.86 bits per heavy atom. The molecule has 0 fully saturated rings. The highest BCUT2D eigenvalue weighted by Crippen LogP contribution is 2.30. The number of nitro groups is 1. The van der Waals surface area contributed by atoms with Crippen molar-refractivity contribution in [1.29, 1.82) is 0 Å². The molecular weight excluding hydrogens is 402 g/mol. The van der Waals surface area contributed by atoms with Crippen LogP contribution in [0.2, 0.25) is 0 Å². The van der Waals surface area contributed by atoms with Crippen molar-refractivity contribution < 1.29 is 14.1 Å². The Labute approximate surface area is 166 Å². The smallest absolute Gasteiger partial charge is 0.345 e. The predicted molar refractivity (Wildman–Crippen MR) is 105 cm³/mol. The average molecular weight is 413 g/mol. The first-order valence-electron chi connectivity index (χ1n) is 7.94. The normalized spacial score (nSPS) is 10.9. The molecule has 2 aromatic carbocycles. The van der Waals surface area contributed by atoms with Crippen molar-refractivity contribution in [3.63, 3.8) is 0 Å². The number of hydrogen-bond acceptors (Lipinski definition) is 9. The standard InChI is InChI=1S/C17H11N5O4S2/c23-13(19-16-18-8-14(28-16)22(24)25)9-27-17-21-20-15(26-17)12-7-3-5-10-4-1-2-6-11(10)12/h1-8H,9H2,(H,18,19,23). The zero-order valence-electron chi connectivity index (χ0n) is 14.1. The molecule has 1 amide bonds. The lowest BCUT2D eigenvalue weighted by atomic mass is 10.0. The van der Waals surface area contributed by atoms with Crippen molar-refractivity contribution in [3.8, 4) is 11.5 Å². The van der Waals surface area contributed by atoms with Gasteiger partial charge in [-0.3, -0.25) is 14.9 Å². The van der Waals surface area contributed by atoms with Gasteiger partial charge in [0, 0.05) is 5.56 Å². The summed E-state index contributed by atoms with van der Waals surface area (Å²) in [5.41, 5.74) is 0.817. The summed E-state index contributed by atoms with van der Waals surface area (Å²) in [4.78, 5) is 25.9. The molecule has 1 N–H and O–H groups in total. The van der Waals surface area contributed by atoms with Crippen LogP contribution in [0.4, 0.5) is 10.1 Å². The van der Waals surface area contributed by atoms with E-state index in [2.05, 4.69) is 20.5 Å². The molecule has 0 saturated carbocycles. The van der Waals surface area contributed by atoms with Gasteiger partial charge in [-0.05, 0) is 28.2 Å². The van der Waals surface area contributed by atoms with E-state index in [-0.39, 0.29) is 27.0 Å². The third-order valence-electron chi connectivity index (χ3n) is 3.67. The molecule has 140 valence electrons. The summed E-state index contributed by atoms with van der Waals surface area (Å²) >= 11 is 1.86. The number of hydrogen-bond donors (Lipinski definition) is 1. The van der Waals surface area contributed by atoms with Crippen LogP contribution < -0.4 is 5.32 Å². The van der Waals surface area contributed by atoms with Crippen LogP contribution in [-0.2, 0) is 4.79 Å². The molecule has 4 aromatic rings. The maximum Gasteiger partial charge on any atom is 0.345 e. The summed E-state index contributed by atoms with van der Waals surface area (Å²) in [5, 5.41) is 23.5. The quantitative estimate of drug-likeness (QED) is 0.286. The molecule has 0 aliphatic carbocycles. The fraction of sp³-hybridized carbons (Fsp3) is 0.0588. The van der Waals surface area contributed by atoms with Crippen LogP contribution in [-0.4, -0.2) is 31.8 Å². The Hall–Kier alpha value is -3.31. The molecule has 0 spiro atoms. The Bertz CT molecular complexity index is 1170. The SMILES string of the molecule is O=C(CSc1nnc(-c2cccc3ccccc23)o1)Nc1ncc([N+](=O)[O-])s1. The van der Waals surface area contributed by atoms with Crippen molar-refractivity contribution >= 4 is 49.9 Å². The zero-order chi connectivity index (χ0) is 19.5. The number of rotatable bonds is 6. The molecule has 0 unspecified atom stereocenters. The van der Waals surface area contributed by atoms with Crippen LogP contribution >= 0.6 is 23.1 Å². The monoisotopic (exact) mass is 413 g/mol. The molecule has 0 aliphatic heterocycles. The fourth-order valence-corrected chi connectivity index (χ4v) is 3.69. The van der Waals surface area contributed by atoms with E-state index in [1.807, 2.05) is 42.5 Å². The van der Waals surface area contributed by atoms with E-state index in [1.54, 1.807) is 0 Å². The van der Waals surface area contributed by atoms with Crippen LogP contribution in [0.15, 0.2) is 58.3 Å². The minimum absolute atomic E-state index is 0.00451. The molecule has 0 bridgehead atoms. The summed E-state index contributed by atoms with van der Waals surface area (Å²) in [6.45, 7) is 0. The second-order valence-corrected chi connectivity index (χ2v) is 7.43. The molecule has 2 heterocycles. The van der Waals surface area contributed by atoms with Crippen molar-refractivity contribution in [2.45, 2.75) is 5.22 Å². The van der Waals surface area contributed by atoms with E-state index in [9.17, 15) is 14.9 Å². The summed E-state index contributed by atoms with van der Waals surface area (Å²) in [7, 11) is 0. The minimum atomic E-state index is -0.560. The highest BCUT2D eigenvalue weighted by Gasteiger charge is 2.16. The lowest BCUT2D eigenvalue weighted by Gasteiger charge is -2.01. The first-order valence-corrected chi connectivity index (χ1v) is 9.75. The van der Waals surface area contributed by atoms with Crippen molar-refractivity contribution in [2.24, 2.45) is 0 Å². The lowest BCUT2D eigenvalue weighted by molar-refractivity contribution is -0.380. The fourth-order valence-electron chi connectivity index (χ4n) is 2.48. The van der Waals surface area contributed by atoms with Crippen molar-refractivity contribution in [3.05, 3.63) is 58.8 Å². The second-order valence-electron chi connectivity index (χ2n) is 5.50. The highest BCUT2D eigenvalue weighted by molar-refractivity contribution is 7.99. The molecular formula is C17H11N5O4S2. The first-order chi connectivity index (χ1) is 13.6. The Kier molecular flexibility index (Phi) is 5.00. The molecule has 28 heavy (non-hydrogen) atoms. The van der Waals surface area contributed by atoms with Gasteiger partial charge in [0.1, 0.15) is 6.20 Å².